The molecule has 1 aliphatic carbocycles. The van der Waals surface area contributed by atoms with Gasteiger partial charge < -0.3 is 15.4 Å². The lowest BCUT2D eigenvalue weighted by Gasteiger charge is -2.20. The van der Waals surface area contributed by atoms with Gasteiger partial charge in [0, 0.05) is 50.8 Å². The fraction of sp³-hybridized carbons (Fsp3) is 0.938. The van der Waals surface area contributed by atoms with E-state index in [0.29, 0.717) is 17.9 Å². The van der Waals surface area contributed by atoms with E-state index in [1.54, 1.807) is 0 Å². The lowest BCUT2D eigenvalue weighted by molar-refractivity contribution is 0.187. The average molecular weight is 422 g/mol. The number of nitrogens with zero attached hydrogens (tertiary/aromatic N) is 2. The number of rotatable bonds is 5. The van der Waals surface area contributed by atoms with Crippen LogP contribution >= 0.6 is 24.0 Å². The standard InChI is InChI=1S/C16H30N4O.HI/c1-3-17-16(18-8-13-6-7-21-11-13)19-15-10-20(9-12(15)2)14-4-5-14;/h12-15H,3-11H2,1-2H3,(H2,17,18,19);1H. The highest BCUT2D eigenvalue weighted by atomic mass is 127. The van der Waals surface area contributed by atoms with Crippen LogP contribution in [0.25, 0.3) is 0 Å². The van der Waals surface area contributed by atoms with Gasteiger partial charge in [-0.15, -0.1) is 24.0 Å². The van der Waals surface area contributed by atoms with Crippen molar-refractivity contribution in [1.82, 2.24) is 15.5 Å². The highest BCUT2D eigenvalue weighted by molar-refractivity contribution is 14.0. The Morgan fingerprint density at radius 3 is 2.73 bits per heavy atom. The maximum Gasteiger partial charge on any atom is 0.191 e. The summed E-state index contributed by atoms with van der Waals surface area (Å²) in [4.78, 5) is 7.42. The second kappa shape index (κ2) is 8.68. The third-order valence-electron chi connectivity index (χ3n) is 4.90. The van der Waals surface area contributed by atoms with Crippen molar-refractivity contribution < 1.29 is 4.74 Å². The molecule has 1 saturated carbocycles. The van der Waals surface area contributed by atoms with E-state index in [0.717, 1.165) is 44.7 Å². The van der Waals surface area contributed by atoms with E-state index in [-0.39, 0.29) is 24.0 Å². The summed E-state index contributed by atoms with van der Waals surface area (Å²) in [6.07, 6.45) is 3.95. The maximum absolute atomic E-state index is 5.43. The Morgan fingerprint density at radius 1 is 1.27 bits per heavy atom. The molecule has 2 N–H and O–H groups in total. The largest absolute Gasteiger partial charge is 0.381 e. The summed E-state index contributed by atoms with van der Waals surface area (Å²) >= 11 is 0. The first kappa shape index (κ1) is 18.3. The minimum Gasteiger partial charge on any atom is -0.381 e. The number of aliphatic imine (C=N–C) groups is 1. The number of hydrogen-bond donors (Lipinski definition) is 2. The van der Waals surface area contributed by atoms with Crippen molar-refractivity contribution in [2.75, 3.05) is 39.4 Å². The second-order valence-corrected chi connectivity index (χ2v) is 6.86. The quantitative estimate of drug-likeness (QED) is 0.402. The van der Waals surface area contributed by atoms with Crippen molar-refractivity contribution in [3.8, 4) is 0 Å². The van der Waals surface area contributed by atoms with Crippen LogP contribution in [-0.4, -0.2) is 62.3 Å². The lowest BCUT2D eigenvalue weighted by atomic mass is 10.1. The first-order valence-electron chi connectivity index (χ1n) is 8.63. The van der Waals surface area contributed by atoms with Crippen molar-refractivity contribution in [3.05, 3.63) is 0 Å². The van der Waals surface area contributed by atoms with Gasteiger partial charge in [0.2, 0.25) is 0 Å². The van der Waals surface area contributed by atoms with Crippen molar-refractivity contribution in [3.63, 3.8) is 0 Å². The van der Waals surface area contributed by atoms with E-state index >= 15 is 0 Å². The number of likely N-dealkylation sites (tertiary alicyclic amines) is 1. The van der Waals surface area contributed by atoms with E-state index in [1.165, 1.54) is 25.9 Å². The second-order valence-electron chi connectivity index (χ2n) is 6.86. The van der Waals surface area contributed by atoms with Gasteiger partial charge in [0.25, 0.3) is 0 Å². The summed E-state index contributed by atoms with van der Waals surface area (Å²) in [7, 11) is 0. The van der Waals surface area contributed by atoms with Gasteiger partial charge in [0.15, 0.2) is 5.96 Å². The van der Waals surface area contributed by atoms with Gasteiger partial charge in [0.05, 0.1) is 6.61 Å². The Hall–Kier alpha value is -0.0800. The summed E-state index contributed by atoms with van der Waals surface area (Å²) in [5.74, 6) is 2.28. The molecule has 0 amide bonds. The van der Waals surface area contributed by atoms with Gasteiger partial charge in [0.1, 0.15) is 0 Å². The van der Waals surface area contributed by atoms with Gasteiger partial charge in [-0.1, -0.05) is 6.92 Å². The molecule has 0 radical (unpaired) electrons. The van der Waals surface area contributed by atoms with Crippen molar-refractivity contribution in [2.45, 2.75) is 45.2 Å². The third kappa shape index (κ3) is 4.96. The molecule has 3 atom stereocenters. The Balaban J connectivity index is 0.00000176. The SMILES string of the molecule is CCNC(=NCC1CCOC1)NC1CN(C2CC2)CC1C.I. The predicted molar refractivity (Wildman–Crippen MR) is 101 cm³/mol. The van der Waals surface area contributed by atoms with Crippen LogP contribution in [0.4, 0.5) is 0 Å². The molecule has 0 aromatic rings. The number of guanidine groups is 1. The average Bonchev–Trinajstić information content (AvgIpc) is 3.07. The molecule has 3 aliphatic rings. The smallest absolute Gasteiger partial charge is 0.191 e. The Morgan fingerprint density at radius 2 is 2.09 bits per heavy atom. The summed E-state index contributed by atoms with van der Waals surface area (Å²) in [5, 5.41) is 7.05. The van der Waals surface area contributed by atoms with Gasteiger partial charge in [-0.05, 0) is 32.1 Å². The first-order valence-corrected chi connectivity index (χ1v) is 8.63. The highest BCUT2D eigenvalue weighted by Gasteiger charge is 2.38. The Labute approximate surface area is 151 Å². The molecule has 2 heterocycles. The summed E-state index contributed by atoms with van der Waals surface area (Å²) < 4.78 is 5.43. The Bertz CT molecular complexity index is 369. The molecule has 2 aliphatic heterocycles. The molecule has 5 nitrogen and oxygen atoms in total. The molecule has 0 spiro atoms. The first-order chi connectivity index (χ1) is 10.3. The summed E-state index contributed by atoms with van der Waals surface area (Å²) in [6.45, 7) is 10.5. The molecule has 0 aromatic heterocycles. The lowest BCUT2D eigenvalue weighted by Crippen LogP contribution is -2.46. The minimum atomic E-state index is 0. The van der Waals surface area contributed by atoms with Crippen LogP contribution in [0.3, 0.4) is 0 Å². The van der Waals surface area contributed by atoms with Gasteiger partial charge in [-0.25, -0.2) is 0 Å². The Kier molecular flexibility index (Phi) is 7.21. The molecule has 6 heteroatoms. The highest BCUT2D eigenvalue weighted by Crippen LogP contribution is 2.31. The summed E-state index contributed by atoms with van der Waals surface area (Å²) in [5.41, 5.74) is 0. The topological polar surface area (TPSA) is 48.9 Å². The zero-order valence-electron chi connectivity index (χ0n) is 13.9. The van der Waals surface area contributed by atoms with Gasteiger partial charge in [-0.2, -0.15) is 0 Å². The molecule has 3 rings (SSSR count). The van der Waals surface area contributed by atoms with Crippen molar-refractivity contribution in [1.29, 1.82) is 0 Å². The molecular formula is C16H31IN4O. The van der Waals surface area contributed by atoms with Gasteiger partial charge >= 0.3 is 0 Å². The van der Waals surface area contributed by atoms with E-state index in [9.17, 15) is 0 Å². The molecular weight excluding hydrogens is 391 g/mol. The number of nitrogens with one attached hydrogen (secondary N) is 2. The van der Waals surface area contributed by atoms with Gasteiger partial charge in [-0.3, -0.25) is 9.89 Å². The summed E-state index contributed by atoms with van der Waals surface area (Å²) in [6, 6.07) is 1.40. The minimum absolute atomic E-state index is 0. The van der Waals surface area contributed by atoms with Crippen LogP contribution in [0, 0.1) is 11.8 Å². The van der Waals surface area contributed by atoms with E-state index in [4.69, 9.17) is 9.73 Å². The van der Waals surface area contributed by atoms with Crippen LogP contribution in [0.15, 0.2) is 4.99 Å². The molecule has 2 saturated heterocycles. The monoisotopic (exact) mass is 422 g/mol. The van der Waals surface area contributed by atoms with Crippen LogP contribution in [0.2, 0.25) is 0 Å². The fourth-order valence-electron chi connectivity index (χ4n) is 3.37. The third-order valence-corrected chi connectivity index (χ3v) is 4.90. The molecule has 3 fully saturated rings. The molecule has 0 aromatic carbocycles. The molecule has 22 heavy (non-hydrogen) atoms. The van der Waals surface area contributed by atoms with E-state index < -0.39 is 0 Å². The maximum atomic E-state index is 5.43. The molecule has 128 valence electrons. The predicted octanol–water partition coefficient (Wildman–Crippen LogP) is 1.68. The molecule has 3 unspecified atom stereocenters. The van der Waals surface area contributed by atoms with E-state index in [1.807, 2.05) is 0 Å². The number of halogens is 1. The number of ether oxygens (including phenoxy) is 1. The normalized spacial score (nSPS) is 32.8. The van der Waals surface area contributed by atoms with Crippen LogP contribution < -0.4 is 10.6 Å². The van der Waals surface area contributed by atoms with Crippen LogP contribution in [0.5, 0.6) is 0 Å². The van der Waals surface area contributed by atoms with Crippen LogP contribution in [-0.2, 0) is 4.74 Å². The molecule has 0 bridgehead atoms. The van der Waals surface area contributed by atoms with E-state index in [2.05, 4.69) is 29.4 Å². The number of hydrogen-bond acceptors (Lipinski definition) is 3. The fourth-order valence-corrected chi connectivity index (χ4v) is 3.37. The van der Waals surface area contributed by atoms with Crippen molar-refractivity contribution in [2.24, 2.45) is 16.8 Å². The zero-order chi connectivity index (χ0) is 14.7. The zero-order valence-corrected chi connectivity index (χ0v) is 16.2. The van der Waals surface area contributed by atoms with Crippen molar-refractivity contribution >= 4 is 29.9 Å². The van der Waals surface area contributed by atoms with Crippen LogP contribution in [0.1, 0.15) is 33.1 Å².